The summed E-state index contributed by atoms with van der Waals surface area (Å²) in [4.78, 5) is 29.8. The van der Waals surface area contributed by atoms with E-state index in [1.54, 1.807) is 66.2 Å². The summed E-state index contributed by atoms with van der Waals surface area (Å²) in [6, 6.07) is 17.3. The maximum absolute atomic E-state index is 12.9. The fourth-order valence-electron chi connectivity index (χ4n) is 3.15. The van der Waals surface area contributed by atoms with Gasteiger partial charge in [0.2, 0.25) is 6.79 Å². The molecule has 1 aliphatic rings. The molecule has 0 bridgehead atoms. The Bertz CT molecular complexity index is 1280. The molecule has 0 radical (unpaired) electrons. The van der Waals surface area contributed by atoms with E-state index in [1.165, 1.54) is 11.3 Å². The molecular weight excluding hydrogens is 402 g/mol. The number of hydrogen-bond donors (Lipinski definition) is 2. The molecule has 0 aliphatic carbocycles. The van der Waals surface area contributed by atoms with Gasteiger partial charge in [0, 0.05) is 17.3 Å². The molecule has 5 rings (SSSR count). The number of carbonyl (C=O) groups excluding carboxylic acids is 2. The van der Waals surface area contributed by atoms with Crippen molar-refractivity contribution in [2.45, 2.75) is 0 Å². The van der Waals surface area contributed by atoms with Crippen LogP contribution in [0.15, 0.2) is 66.2 Å². The van der Waals surface area contributed by atoms with E-state index >= 15 is 0 Å². The molecule has 1 aliphatic heterocycles. The third-order valence-corrected chi connectivity index (χ3v) is 5.44. The van der Waals surface area contributed by atoms with Crippen LogP contribution < -0.4 is 20.1 Å². The first kappa shape index (κ1) is 18.1. The zero-order valence-electron chi connectivity index (χ0n) is 15.5. The van der Waals surface area contributed by atoms with Crippen LogP contribution in [0.5, 0.6) is 11.5 Å². The Morgan fingerprint density at radius 1 is 0.900 bits per heavy atom. The predicted molar refractivity (Wildman–Crippen MR) is 115 cm³/mol. The van der Waals surface area contributed by atoms with E-state index in [1.807, 2.05) is 0 Å². The van der Waals surface area contributed by atoms with Gasteiger partial charge in [-0.15, -0.1) is 11.3 Å². The lowest BCUT2D eigenvalue weighted by Crippen LogP contribution is -2.18. The molecule has 0 saturated heterocycles. The number of anilines is 2. The highest BCUT2D eigenvalue weighted by molar-refractivity contribution is 7.16. The second kappa shape index (κ2) is 7.49. The number of para-hydroxylation sites is 1. The van der Waals surface area contributed by atoms with Gasteiger partial charge >= 0.3 is 0 Å². The summed E-state index contributed by atoms with van der Waals surface area (Å²) in [5, 5.41) is 5.66. The van der Waals surface area contributed by atoms with Crippen molar-refractivity contribution < 1.29 is 19.1 Å². The van der Waals surface area contributed by atoms with Gasteiger partial charge in [-0.25, -0.2) is 4.98 Å². The third kappa shape index (κ3) is 3.44. The van der Waals surface area contributed by atoms with Crippen molar-refractivity contribution in [3.63, 3.8) is 0 Å². The molecule has 2 amide bonds. The van der Waals surface area contributed by atoms with Crippen molar-refractivity contribution >= 4 is 44.7 Å². The molecule has 2 heterocycles. The fraction of sp³-hybridized carbons (Fsp3) is 0.0455. The van der Waals surface area contributed by atoms with Crippen molar-refractivity contribution in [2.24, 2.45) is 0 Å². The number of nitrogens with one attached hydrogen (secondary N) is 2. The van der Waals surface area contributed by atoms with Crippen LogP contribution in [-0.2, 0) is 0 Å². The summed E-state index contributed by atoms with van der Waals surface area (Å²) in [6.45, 7) is 0.162. The molecule has 4 aromatic rings. The third-order valence-electron chi connectivity index (χ3n) is 4.64. The summed E-state index contributed by atoms with van der Waals surface area (Å²) in [7, 11) is 0. The molecule has 0 atom stereocenters. The van der Waals surface area contributed by atoms with E-state index in [2.05, 4.69) is 15.6 Å². The number of carbonyl (C=O) groups is 2. The number of aromatic nitrogens is 1. The minimum Gasteiger partial charge on any atom is -0.454 e. The maximum Gasteiger partial charge on any atom is 0.257 e. The first-order chi connectivity index (χ1) is 14.7. The van der Waals surface area contributed by atoms with E-state index in [0.717, 1.165) is 10.2 Å². The highest BCUT2D eigenvalue weighted by Gasteiger charge is 2.17. The molecule has 0 spiro atoms. The van der Waals surface area contributed by atoms with Crippen LogP contribution in [0.2, 0.25) is 0 Å². The number of benzene rings is 3. The normalized spacial score (nSPS) is 12.0. The number of amides is 2. The number of nitrogens with zero attached hydrogens (tertiary/aromatic N) is 1. The Morgan fingerprint density at radius 3 is 2.70 bits per heavy atom. The van der Waals surface area contributed by atoms with Crippen molar-refractivity contribution in [3.05, 3.63) is 77.3 Å². The van der Waals surface area contributed by atoms with Gasteiger partial charge in [-0.3, -0.25) is 9.59 Å². The van der Waals surface area contributed by atoms with E-state index in [0.29, 0.717) is 34.0 Å². The topological polar surface area (TPSA) is 89.6 Å². The maximum atomic E-state index is 12.9. The molecule has 0 saturated carbocycles. The van der Waals surface area contributed by atoms with Gasteiger partial charge in [-0.05, 0) is 42.5 Å². The van der Waals surface area contributed by atoms with Gasteiger partial charge < -0.3 is 20.1 Å². The Labute approximate surface area is 175 Å². The smallest absolute Gasteiger partial charge is 0.257 e. The summed E-state index contributed by atoms with van der Waals surface area (Å²) in [5.41, 5.74) is 4.42. The average molecular weight is 417 g/mol. The minimum atomic E-state index is -0.345. The number of hydrogen-bond acceptors (Lipinski definition) is 6. The zero-order chi connectivity index (χ0) is 20.5. The SMILES string of the molecule is O=C(Nc1ccccc1C(=O)Nc1ccc2c(c1)OCO2)c1ccc2ncsc2c1. The second-order valence-corrected chi connectivity index (χ2v) is 7.44. The summed E-state index contributed by atoms with van der Waals surface area (Å²) < 4.78 is 11.6. The number of ether oxygens (including phenoxy) is 2. The largest absolute Gasteiger partial charge is 0.454 e. The molecule has 30 heavy (non-hydrogen) atoms. The number of rotatable bonds is 4. The zero-order valence-corrected chi connectivity index (χ0v) is 16.4. The highest BCUT2D eigenvalue weighted by Crippen LogP contribution is 2.34. The van der Waals surface area contributed by atoms with E-state index in [-0.39, 0.29) is 18.6 Å². The molecule has 2 N–H and O–H groups in total. The van der Waals surface area contributed by atoms with Crippen LogP contribution in [0, 0.1) is 0 Å². The van der Waals surface area contributed by atoms with Crippen LogP contribution in [0.25, 0.3) is 10.2 Å². The quantitative estimate of drug-likeness (QED) is 0.509. The number of fused-ring (bicyclic) bond motifs is 2. The van der Waals surface area contributed by atoms with Crippen molar-refractivity contribution in [3.8, 4) is 11.5 Å². The average Bonchev–Trinajstić information content (AvgIpc) is 3.42. The summed E-state index contributed by atoms with van der Waals surface area (Å²) in [5.74, 6) is 0.572. The molecule has 7 nitrogen and oxygen atoms in total. The van der Waals surface area contributed by atoms with Gasteiger partial charge in [-0.2, -0.15) is 0 Å². The van der Waals surface area contributed by atoms with Gasteiger partial charge in [0.1, 0.15) is 0 Å². The van der Waals surface area contributed by atoms with E-state index in [4.69, 9.17) is 9.47 Å². The lowest BCUT2D eigenvalue weighted by molar-refractivity contribution is 0.102. The van der Waals surface area contributed by atoms with Gasteiger partial charge in [0.25, 0.3) is 11.8 Å². The number of thiazole rings is 1. The lowest BCUT2D eigenvalue weighted by atomic mass is 10.1. The molecule has 1 aromatic heterocycles. The summed E-state index contributed by atoms with van der Waals surface area (Å²) in [6.07, 6.45) is 0. The molecule has 0 unspecified atom stereocenters. The molecule has 3 aromatic carbocycles. The Kier molecular flexibility index (Phi) is 4.53. The van der Waals surface area contributed by atoms with Crippen LogP contribution in [-0.4, -0.2) is 23.6 Å². The monoisotopic (exact) mass is 417 g/mol. The fourth-order valence-corrected chi connectivity index (χ4v) is 3.87. The van der Waals surface area contributed by atoms with Crippen LogP contribution >= 0.6 is 11.3 Å². The first-order valence-electron chi connectivity index (χ1n) is 9.12. The van der Waals surface area contributed by atoms with Crippen molar-refractivity contribution in [1.82, 2.24) is 4.98 Å². The van der Waals surface area contributed by atoms with Crippen LogP contribution in [0.4, 0.5) is 11.4 Å². The molecular formula is C22H15N3O4S. The van der Waals surface area contributed by atoms with E-state index in [9.17, 15) is 9.59 Å². The molecule has 0 fully saturated rings. The second-order valence-electron chi connectivity index (χ2n) is 6.56. The first-order valence-corrected chi connectivity index (χ1v) is 10.00. The van der Waals surface area contributed by atoms with Gasteiger partial charge in [0.05, 0.1) is 27.0 Å². The lowest BCUT2D eigenvalue weighted by Gasteiger charge is -2.12. The Hall–Kier alpha value is -3.91. The van der Waals surface area contributed by atoms with Crippen LogP contribution in [0.1, 0.15) is 20.7 Å². The van der Waals surface area contributed by atoms with Crippen LogP contribution in [0.3, 0.4) is 0 Å². The predicted octanol–water partition coefficient (Wildman–Crippen LogP) is 4.53. The van der Waals surface area contributed by atoms with Crippen molar-refractivity contribution in [2.75, 3.05) is 17.4 Å². The molecule has 8 heteroatoms. The van der Waals surface area contributed by atoms with Gasteiger partial charge in [-0.1, -0.05) is 12.1 Å². The van der Waals surface area contributed by atoms with E-state index < -0.39 is 0 Å². The minimum absolute atomic E-state index is 0.162. The highest BCUT2D eigenvalue weighted by atomic mass is 32.1. The summed E-state index contributed by atoms with van der Waals surface area (Å²) >= 11 is 1.47. The standard InChI is InChI=1S/C22H15N3O4S/c26-21(13-5-7-17-20(9-13)30-11-23-17)25-16-4-2-1-3-15(16)22(27)24-14-6-8-18-19(10-14)29-12-28-18/h1-11H,12H2,(H,24,27)(H,25,26). The van der Waals surface area contributed by atoms with Crippen molar-refractivity contribution in [1.29, 1.82) is 0 Å². The molecule has 148 valence electrons. The Morgan fingerprint density at radius 2 is 1.77 bits per heavy atom. The Balaban J connectivity index is 1.36. The van der Waals surface area contributed by atoms with Gasteiger partial charge in [0.15, 0.2) is 11.5 Å².